The fourth-order valence-corrected chi connectivity index (χ4v) is 2.94. The van der Waals surface area contributed by atoms with Gasteiger partial charge in [-0.25, -0.2) is 8.42 Å². The first-order valence-corrected chi connectivity index (χ1v) is 8.00. The third kappa shape index (κ3) is 3.05. The maximum absolute atomic E-state index is 11.3. The van der Waals surface area contributed by atoms with Gasteiger partial charge in [-0.3, -0.25) is 0 Å². The topological polar surface area (TPSA) is 60.2 Å². The van der Waals surface area contributed by atoms with Crippen LogP contribution in [0.5, 0.6) is 0 Å². The molecule has 2 aromatic carbocycles. The summed E-state index contributed by atoms with van der Waals surface area (Å²) in [6.45, 7) is 0. The Morgan fingerprint density at radius 2 is 1.61 bits per heavy atom. The molecule has 0 bridgehead atoms. The van der Waals surface area contributed by atoms with Crippen molar-refractivity contribution in [1.82, 2.24) is 0 Å². The smallest absolute Gasteiger partial charge is 0.175 e. The van der Waals surface area contributed by atoms with Gasteiger partial charge in [0.15, 0.2) is 9.84 Å². The molecule has 3 nitrogen and oxygen atoms in total. The van der Waals surface area contributed by atoms with Gasteiger partial charge in [0, 0.05) is 21.7 Å². The van der Waals surface area contributed by atoms with E-state index in [-0.39, 0.29) is 0 Å². The van der Waals surface area contributed by atoms with E-state index in [1.807, 2.05) is 24.3 Å². The van der Waals surface area contributed by atoms with Crippen molar-refractivity contribution < 1.29 is 8.42 Å². The molecule has 0 unspecified atom stereocenters. The van der Waals surface area contributed by atoms with Crippen LogP contribution in [0.15, 0.2) is 63.2 Å². The Labute approximate surface area is 111 Å². The van der Waals surface area contributed by atoms with Crippen LogP contribution in [0.1, 0.15) is 0 Å². The zero-order valence-corrected chi connectivity index (χ0v) is 11.5. The molecule has 0 aliphatic heterocycles. The van der Waals surface area contributed by atoms with Gasteiger partial charge in [0.05, 0.1) is 4.90 Å². The van der Waals surface area contributed by atoms with E-state index in [9.17, 15) is 8.42 Å². The van der Waals surface area contributed by atoms with Crippen LogP contribution in [-0.4, -0.2) is 14.7 Å². The highest BCUT2D eigenvalue weighted by Gasteiger charge is 2.07. The summed E-state index contributed by atoms with van der Waals surface area (Å²) in [5.74, 6) is 0. The highest BCUT2D eigenvalue weighted by Crippen LogP contribution is 2.32. The minimum absolute atomic E-state index is 0.327. The van der Waals surface area contributed by atoms with Gasteiger partial charge in [0.1, 0.15) is 0 Å². The molecule has 0 aromatic heterocycles. The molecular weight excluding hydrogens is 266 g/mol. The Kier molecular flexibility index (Phi) is 3.63. The van der Waals surface area contributed by atoms with Crippen molar-refractivity contribution in [3.8, 4) is 0 Å². The zero-order valence-electron chi connectivity index (χ0n) is 9.83. The van der Waals surface area contributed by atoms with Crippen molar-refractivity contribution in [3.05, 3.63) is 48.5 Å². The summed E-state index contributed by atoms with van der Waals surface area (Å²) in [5.41, 5.74) is 6.57. The van der Waals surface area contributed by atoms with Crippen molar-refractivity contribution in [1.29, 1.82) is 0 Å². The van der Waals surface area contributed by atoms with Gasteiger partial charge in [-0.15, -0.1) is 0 Å². The summed E-state index contributed by atoms with van der Waals surface area (Å²) >= 11 is 1.51. The molecule has 18 heavy (non-hydrogen) atoms. The first-order chi connectivity index (χ1) is 8.47. The maximum Gasteiger partial charge on any atom is 0.175 e. The molecule has 5 heteroatoms. The van der Waals surface area contributed by atoms with Gasteiger partial charge >= 0.3 is 0 Å². The summed E-state index contributed by atoms with van der Waals surface area (Å²) in [6, 6.07) is 14.4. The quantitative estimate of drug-likeness (QED) is 0.878. The third-order valence-corrected chi connectivity index (χ3v) is 4.63. The monoisotopic (exact) mass is 279 g/mol. The van der Waals surface area contributed by atoms with E-state index in [0.717, 1.165) is 15.5 Å². The maximum atomic E-state index is 11.3. The van der Waals surface area contributed by atoms with E-state index in [1.165, 1.54) is 18.0 Å². The molecule has 0 saturated carbocycles. The number of nitrogens with two attached hydrogens (primary N) is 1. The number of hydrogen-bond acceptors (Lipinski definition) is 4. The Hall–Kier alpha value is -1.46. The van der Waals surface area contributed by atoms with Crippen molar-refractivity contribution in [2.75, 3.05) is 12.0 Å². The van der Waals surface area contributed by atoms with Crippen LogP contribution in [0, 0.1) is 0 Å². The minimum atomic E-state index is -3.13. The Balaban J connectivity index is 2.24. The third-order valence-electron chi connectivity index (χ3n) is 2.40. The highest BCUT2D eigenvalue weighted by molar-refractivity contribution is 7.99. The lowest BCUT2D eigenvalue weighted by molar-refractivity contribution is 0.602. The number of anilines is 1. The standard InChI is InChI=1S/C13H13NO2S2/c1-18(15,16)11-8-6-10(7-9-11)17-13-5-3-2-4-12(13)14/h2-9H,14H2,1H3. The van der Waals surface area contributed by atoms with Crippen molar-refractivity contribution in [2.45, 2.75) is 14.7 Å². The van der Waals surface area contributed by atoms with E-state index >= 15 is 0 Å². The molecule has 2 aromatic rings. The van der Waals surface area contributed by atoms with Crippen LogP contribution < -0.4 is 5.73 Å². The molecule has 0 amide bonds. The first kappa shape index (κ1) is 13.0. The van der Waals surface area contributed by atoms with E-state index in [4.69, 9.17) is 5.73 Å². The molecular formula is C13H13NO2S2. The summed E-state index contributed by atoms with van der Waals surface area (Å²) in [7, 11) is -3.13. The lowest BCUT2D eigenvalue weighted by Gasteiger charge is -2.05. The average Bonchev–Trinajstić information content (AvgIpc) is 2.32. The van der Waals surface area contributed by atoms with Crippen molar-refractivity contribution in [3.63, 3.8) is 0 Å². The van der Waals surface area contributed by atoms with Gasteiger partial charge in [-0.2, -0.15) is 0 Å². The molecule has 2 rings (SSSR count). The summed E-state index contributed by atoms with van der Waals surface area (Å²) in [4.78, 5) is 2.25. The number of benzene rings is 2. The van der Waals surface area contributed by atoms with Gasteiger partial charge < -0.3 is 5.73 Å². The predicted octanol–water partition coefficient (Wildman–Crippen LogP) is 2.82. The molecule has 0 radical (unpaired) electrons. The van der Waals surface area contributed by atoms with Crippen LogP contribution in [0.4, 0.5) is 5.69 Å². The summed E-state index contributed by atoms with van der Waals surface area (Å²) < 4.78 is 22.7. The molecule has 0 heterocycles. The number of rotatable bonds is 3. The second-order valence-electron chi connectivity index (χ2n) is 3.88. The summed E-state index contributed by atoms with van der Waals surface area (Å²) in [6.07, 6.45) is 1.20. The molecule has 0 fully saturated rings. The van der Waals surface area contributed by atoms with E-state index in [0.29, 0.717) is 4.90 Å². The fraction of sp³-hybridized carbons (Fsp3) is 0.0769. The molecule has 0 aliphatic rings. The predicted molar refractivity (Wildman–Crippen MR) is 74.5 cm³/mol. The molecule has 0 saturated heterocycles. The average molecular weight is 279 g/mol. The number of sulfone groups is 1. The van der Waals surface area contributed by atoms with Gasteiger partial charge in [0.2, 0.25) is 0 Å². The Morgan fingerprint density at radius 1 is 1.00 bits per heavy atom. The minimum Gasteiger partial charge on any atom is -0.398 e. The Morgan fingerprint density at radius 3 is 2.17 bits per heavy atom. The fourth-order valence-electron chi connectivity index (χ4n) is 1.46. The SMILES string of the molecule is CS(=O)(=O)c1ccc(Sc2ccccc2N)cc1. The van der Waals surface area contributed by atoms with Gasteiger partial charge in [-0.1, -0.05) is 23.9 Å². The molecule has 2 N–H and O–H groups in total. The number of hydrogen-bond donors (Lipinski definition) is 1. The van der Waals surface area contributed by atoms with E-state index < -0.39 is 9.84 Å². The second-order valence-corrected chi connectivity index (χ2v) is 7.01. The Bertz CT molecular complexity index is 649. The van der Waals surface area contributed by atoms with E-state index in [2.05, 4.69) is 0 Å². The second kappa shape index (κ2) is 5.04. The van der Waals surface area contributed by atoms with Crippen molar-refractivity contribution in [2.24, 2.45) is 0 Å². The molecule has 0 atom stereocenters. The lowest BCUT2D eigenvalue weighted by atomic mass is 10.3. The van der Waals surface area contributed by atoms with Gasteiger partial charge in [0.25, 0.3) is 0 Å². The van der Waals surface area contributed by atoms with E-state index in [1.54, 1.807) is 24.3 Å². The summed E-state index contributed by atoms with van der Waals surface area (Å²) in [5, 5.41) is 0. The highest BCUT2D eigenvalue weighted by atomic mass is 32.2. The van der Waals surface area contributed by atoms with Gasteiger partial charge in [-0.05, 0) is 36.4 Å². The number of nitrogen functional groups attached to an aromatic ring is 1. The van der Waals surface area contributed by atoms with Crippen LogP contribution in [-0.2, 0) is 9.84 Å². The van der Waals surface area contributed by atoms with Crippen LogP contribution >= 0.6 is 11.8 Å². The van der Waals surface area contributed by atoms with Crippen LogP contribution in [0.3, 0.4) is 0 Å². The normalized spacial score (nSPS) is 11.4. The molecule has 0 spiro atoms. The first-order valence-electron chi connectivity index (χ1n) is 5.29. The molecule has 94 valence electrons. The molecule has 0 aliphatic carbocycles. The van der Waals surface area contributed by atoms with Crippen LogP contribution in [0.2, 0.25) is 0 Å². The van der Waals surface area contributed by atoms with Crippen LogP contribution in [0.25, 0.3) is 0 Å². The lowest BCUT2D eigenvalue weighted by Crippen LogP contribution is -1.96. The zero-order chi connectivity index (χ0) is 13.2. The van der Waals surface area contributed by atoms with Crippen molar-refractivity contribution >= 4 is 27.3 Å². The largest absolute Gasteiger partial charge is 0.398 e. The number of para-hydroxylation sites is 1.